The van der Waals surface area contributed by atoms with Crippen molar-refractivity contribution in [3.8, 4) is 5.75 Å². The minimum absolute atomic E-state index is 0.0462. The summed E-state index contributed by atoms with van der Waals surface area (Å²) in [6, 6.07) is 15.1. The summed E-state index contributed by atoms with van der Waals surface area (Å²) in [5.41, 5.74) is 2.11. The van der Waals surface area contributed by atoms with Crippen LogP contribution in [0.25, 0.3) is 0 Å². The lowest BCUT2D eigenvalue weighted by molar-refractivity contribution is -0.127. The zero-order chi connectivity index (χ0) is 19.2. The Labute approximate surface area is 164 Å². The largest absolute Gasteiger partial charge is 0.497 e. The zero-order valence-electron chi connectivity index (χ0n) is 15.2. The third-order valence-corrected chi connectivity index (χ3v) is 4.97. The number of benzene rings is 2. The topological polar surface area (TPSA) is 67.4 Å². The van der Waals surface area contributed by atoms with Crippen LogP contribution < -0.4 is 15.4 Å². The van der Waals surface area contributed by atoms with Crippen molar-refractivity contribution in [2.45, 2.75) is 19.4 Å². The predicted octanol–water partition coefficient (Wildman–Crippen LogP) is 2.96. The van der Waals surface area contributed by atoms with Gasteiger partial charge >= 0.3 is 0 Å². The highest BCUT2D eigenvalue weighted by atomic mass is 35.5. The molecule has 1 saturated carbocycles. The molecule has 2 aromatic rings. The van der Waals surface area contributed by atoms with Crippen molar-refractivity contribution in [3.63, 3.8) is 0 Å². The van der Waals surface area contributed by atoms with E-state index in [1.165, 1.54) is 0 Å². The summed E-state index contributed by atoms with van der Waals surface area (Å²) < 4.78 is 5.13. The third-order valence-electron chi connectivity index (χ3n) is 4.72. The minimum atomic E-state index is -0.224. The zero-order valence-corrected chi connectivity index (χ0v) is 16.0. The number of hydrogen-bond donors (Lipinski definition) is 2. The molecule has 5 nitrogen and oxygen atoms in total. The van der Waals surface area contributed by atoms with Gasteiger partial charge in [-0.1, -0.05) is 35.9 Å². The van der Waals surface area contributed by atoms with Gasteiger partial charge in [0, 0.05) is 18.1 Å². The van der Waals surface area contributed by atoms with E-state index in [-0.39, 0.29) is 23.7 Å². The van der Waals surface area contributed by atoms with Crippen LogP contribution in [0.2, 0.25) is 5.02 Å². The summed E-state index contributed by atoms with van der Waals surface area (Å²) in [4.78, 5) is 24.4. The van der Waals surface area contributed by atoms with E-state index in [2.05, 4.69) is 10.6 Å². The second kappa shape index (κ2) is 8.91. The molecule has 2 atom stereocenters. The quantitative estimate of drug-likeness (QED) is 0.733. The third kappa shape index (κ3) is 5.47. The van der Waals surface area contributed by atoms with Crippen LogP contribution in [0.15, 0.2) is 48.5 Å². The van der Waals surface area contributed by atoms with Crippen molar-refractivity contribution < 1.29 is 14.3 Å². The molecular weight excluding hydrogens is 364 g/mol. The number of carbonyl (C=O) groups excluding carboxylic acids is 2. The average molecular weight is 387 g/mol. The SMILES string of the molecule is COc1ccc(CCNC(=O)C2CC2C(=O)NCc2ccc(Cl)cc2)cc1. The first-order chi connectivity index (χ1) is 13.1. The predicted molar refractivity (Wildman–Crippen MR) is 105 cm³/mol. The molecule has 1 aliphatic rings. The Morgan fingerprint density at radius 2 is 1.56 bits per heavy atom. The van der Waals surface area contributed by atoms with Gasteiger partial charge in [0.1, 0.15) is 5.75 Å². The van der Waals surface area contributed by atoms with Gasteiger partial charge in [0.25, 0.3) is 0 Å². The molecule has 0 radical (unpaired) electrons. The van der Waals surface area contributed by atoms with E-state index in [9.17, 15) is 9.59 Å². The highest BCUT2D eigenvalue weighted by molar-refractivity contribution is 6.30. The molecule has 6 heteroatoms. The number of rotatable bonds is 8. The Balaban J connectivity index is 1.36. The molecule has 2 amide bonds. The number of hydrogen-bond acceptors (Lipinski definition) is 3. The highest BCUT2D eigenvalue weighted by Gasteiger charge is 2.47. The highest BCUT2D eigenvalue weighted by Crippen LogP contribution is 2.38. The van der Waals surface area contributed by atoms with Crippen LogP contribution in [0.3, 0.4) is 0 Å². The lowest BCUT2D eigenvalue weighted by Gasteiger charge is -2.07. The van der Waals surface area contributed by atoms with Gasteiger partial charge in [0.15, 0.2) is 0 Å². The van der Waals surface area contributed by atoms with Crippen molar-refractivity contribution in [3.05, 3.63) is 64.7 Å². The number of halogens is 1. The molecule has 2 N–H and O–H groups in total. The molecule has 1 fully saturated rings. The molecule has 27 heavy (non-hydrogen) atoms. The Morgan fingerprint density at radius 3 is 2.19 bits per heavy atom. The first-order valence-corrected chi connectivity index (χ1v) is 9.37. The Kier molecular flexibility index (Phi) is 6.35. The molecule has 0 spiro atoms. The Morgan fingerprint density at radius 1 is 0.963 bits per heavy atom. The van der Waals surface area contributed by atoms with Crippen LogP contribution in [0.5, 0.6) is 5.75 Å². The van der Waals surface area contributed by atoms with Gasteiger partial charge < -0.3 is 15.4 Å². The van der Waals surface area contributed by atoms with E-state index in [0.717, 1.165) is 23.3 Å². The second-order valence-corrected chi connectivity index (χ2v) is 7.12. The van der Waals surface area contributed by atoms with E-state index >= 15 is 0 Å². The molecule has 0 aromatic heterocycles. The number of ether oxygens (including phenoxy) is 1. The summed E-state index contributed by atoms with van der Waals surface area (Å²) in [6.07, 6.45) is 1.36. The second-order valence-electron chi connectivity index (χ2n) is 6.68. The van der Waals surface area contributed by atoms with Gasteiger partial charge in [0.2, 0.25) is 11.8 Å². The smallest absolute Gasteiger partial charge is 0.224 e. The first-order valence-electron chi connectivity index (χ1n) is 8.99. The fraction of sp³-hybridized carbons (Fsp3) is 0.333. The van der Waals surface area contributed by atoms with Crippen molar-refractivity contribution in [1.29, 1.82) is 0 Å². The summed E-state index contributed by atoms with van der Waals surface area (Å²) in [6.45, 7) is 0.999. The van der Waals surface area contributed by atoms with Gasteiger partial charge in [0.05, 0.1) is 18.9 Å². The number of amides is 2. The Bertz CT molecular complexity index is 790. The van der Waals surface area contributed by atoms with Gasteiger partial charge in [-0.2, -0.15) is 0 Å². The van der Waals surface area contributed by atoms with Crippen molar-refractivity contribution in [2.75, 3.05) is 13.7 Å². The lowest BCUT2D eigenvalue weighted by Crippen LogP contribution is -2.31. The molecule has 0 heterocycles. The molecule has 2 aromatic carbocycles. The van der Waals surface area contributed by atoms with Crippen molar-refractivity contribution in [1.82, 2.24) is 10.6 Å². The lowest BCUT2D eigenvalue weighted by atomic mass is 10.1. The van der Waals surface area contributed by atoms with E-state index in [1.807, 2.05) is 36.4 Å². The number of nitrogens with one attached hydrogen (secondary N) is 2. The maximum atomic E-state index is 12.2. The van der Waals surface area contributed by atoms with Crippen molar-refractivity contribution in [2.24, 2.45) is 11.8 Å². The molecule has 2 unspecified atom stereocenters. The minimum Gasteiger partial charge on any atom is -0.497 e. The molecular formula is C21H23ClN2O3. The van der Waals surface area contributed by atoms with Gasteiger partial charge in [-0.3, -0.25) is 9.59 Å². The molecule has 3 rings (SSSR count). The number of carbonyl (C=O) groups is 2. The van der Waals surface area contributed by atoms with E-state index < -0.39 is 0 Å². The van der Waals surface area contributed by atoms with Crippen LogP contribution in [0, 0.1) is 11.8 Å². The molecule has 0 saturated heterocycles. The maximum Gasteiger partial charge on any atom is 0.224 e. The van der Waals surface area contributed by atoms with E-state index in [1.54, 1.807) is 19.2 Å². The Hall–Kier alpha value is -2.53. The molecule has 0 bridgehead atoms. The van der Waals surface area contributed by atoms with Crippen LogP contribution in [0.4, 0.5) is 0 Å². The summed E-state index contributed by atoms with van der Waals surface area (Å²) >= 11 is 5.85. The number of methoxy groups -OCH3 is 1. The fourth-order valence-electron chi connectivity index (χ4n) is 2.95. The van der Waals surface area contributed by atoms with Gasteiger partial charge in [-0.25, -0.2) is 0 Å². The fourth-order valence-corrected chi connectivity index (χ4v) is 3.08. The molecule has 0 aliphatic heterocycles. The van der Waals surface area contributed by atoms with Gasteiger partial charge in [-0.15, -0.1) is 0 Å². The monoisotopic (exact) mass is 386 g/mol. The van der Waals surface area contributed by atoms with Crippen LogP contribution in [-0.4, -0.2) is 25.5 Å². The summed E-state index contributed by atoms with van der Waals surface area (Å²) in [5.74, 6) is 0.257. The maximum absolute atomic E-state index is 12.2. The normalized spacial score (nSPS) is 17.9. The summed E-state index contributed by atoms with van der Waals surface area (Å²) in [7, 11) is 1.63. The average Bonchev–Trinajstić information content (AvgIpc) is 3.49. The van der Waals surface area contributed by atoms with E-state index in [4.69, 9.17) is 16.3 Å². The molecule has 142 valence electrons. The summed E-state index contributed by atoms with van der Waals surface area (Å²) in [5, 5.41) is 6.47. The van der Waals surface area contributed by atoms with Crippen LogP contribution in [-0.2, 0) is 22.6 Å². The van der Waals surface area contributed by atoms with Crippen LogP contribution >= 0.6 is 11.6 Å². The van der Waals surface area contributed by atoms with Crippen LogP contribution in [0.1, 0.15) is 17.5 Å². The first kappa shape index (κ1) is 19.2. The van der Waals surface area contributed by atoms with Gasteiger partial charge in [-0.05, 0) is 48.2 Å². The standard InChI is InChI=1S/C21H23ClN2O3/c1-27-17-8-4-14(5-9-17)10-11-23-20(25)18-12-19(18)21(26)24-13-15-2-6-16(22)7-3-15/h2-9,18-19H,10-13H2,1H3,(H,23,25)(H,24,26). The molecule has 1 aliphatic carbocycles. The van der Waals surface area contributed by atoms with E-state index in [0.29, 0.717) is 24.5 Å². The van der Waals surface area contributed by atoms with Crippen molar-refractivity contribution >= 4 is 23.4 Å².